The summed E-state index contributed by atoms with van der Waals surface area (Å²) in [6.45, 7) is 3.80. The minimum atomic E-state index is 0. The molecule has 2 N–H and O–H groups in total. The Hall–Kier alpha value is -1.63. The molecule has 0 radical (unpaired) electrons. The summed E-state index contributed by atoms with van der Waals surface area (Å²) in [5, 5.41) is 18.0. The van der Waals surface area contributed by atoms with Gasteiger partial charge in [0.2, 0.25) is 0 Å². The highest BCUT2D eigenvalue weighted by atomic mass is 127. The van der Waals surface area contributed by atoms with Crippen molar-refractivity contribution < 1.29 is 0 Å². The lowest BCUT2D eigenvalue weighted by molar-refractivity contribution is 0.249. The van der Waals surface area contributed by atoms with Gasteiger partial charge in [-0.2, -0.15) is 5.26 Å². The average molecular weight is 495 g/mol. The number of nitrogens with zero attached hydrogens (tertiary/aromatic N) is 3. The lowest BCUT2D eigenvalue weighted by Crippen LogP contribution is -2.42. The minimum Gasteiger partial charge on any atom is -0.354 e. The lowest BCUT2D eigenvalue weighted by Gasteiger charge is -2.27. The second-order valence-corrected chi connectivity index (χ2v) is 7.37. The Labute approximate surface area is 182 Å². The van der Waals surface area contributed by atoms with Crippen LogP contribution in [0.15, 0.2) is 46.8 Å². The molecule has 2 heterocycles. The van der Waals surface area contributed by atoms with Crippen molar-refractivity contribution in [1.29, 1.82) is 5.26 Å². The molecule has 0 aliphatic carbocycles. The SMILES string of the molecule is CN=C(NCc1cccc(C#N)c1)NCC(c1cccs1)N1CCCC1.I. The van der Waals surface area contributed by atoms with E-state index in [9.17, 15) is 0 Å². The van der Waals surface area contributed by atoms with Crippen LogP contribution in [0.2, 0.25) is 0 Å². The number of hydrogen-bond acceptors (Lipinski definition) is 4. The van der Waals surface area contributed by atoms with Crippen LogP contribution >= 0.6 is 35.3 Å². The molecule has 1 atom stereocenters. The van der Waals surface area contributed by atoms with Crippen LogP contribution in [0.1, 0.15) is 34.9 Å². The number of nitriles is 1. The Kier molecular flexibility index (Phi) is 9.04. The lowest BCUT2D eigenvalue weighted by atomic mass is 10.1. The third kappa shape index (κ3) is 6.19. The number of halogens is 1. The van der Waals surface area contributed by atoms with Crippen molar-refractivity contribution in [2.24, 2.45) is 4.99 Å². The zero-order valence-corrected chi connectivity index (χ0v) is 18.7. The van der Waals surface area contributed by atoms with Crippen LogP contribution in [-0.4, -0.2) is 37.5 Å². The first kappa shape index (κ1) is 21.7. The Morgan fingerprint density at radius 2 is 2.07 bits per heavy atom. The molecule has 27 heavy (non-hydrogen) atoms. The summed E-state index contributed by atoms with van der Waals surface area (Å²) in [6.07, 6.45) is 2.56. The first-order valence-corrected chi connectivity index (χ1v) is 9.89. The fourth-order valence-corrected chi connectivity index (χ4v) is 4.16. The topological polar surface area (TPSA) is 63.5 Å². The van der Waals surface area contributed by atoms with Gasteiger partial charge in [0.05, 0.1) is 17.7 Å². The molecule has 1 aromatic heterocycles. The maximum atomic E-state index is 9.02. The molecule has 144 valence electrons. The predicted molar refractivity (Wildman–Crippen MR) is 123 cm³/mol. The highest BCUT2D eigenvalue weighted by Crippen LogP contribution is 2.27. The molecule has 1 saturated heterocycles. The van der Waals surface area contributed by atoms with Gasteiger partial charge < -0.3 is 10.6 Å². The van der Waals surface area contributed by atoms with E-state index in [1.54, 1.807) is 7.05 Å². The molecule has 2 aromatic rings. The normalized spacial score (nSPS) is 15.6. The summed E-state index contributed by atoms with van der Waals surface area (Å²) in [7, 11) is 1.79. The summed E-state index contributed by atoms with van der Waals surface area (Å²) >= 11 is 1.82. The highest BCUT2D eigenvalue weighted by Gasteiger charge is 2.24. The maximum absolute atomic E-state index is 9.02. The average Bonchev–Trinajstić information content (AvgIpc) is 3.39. The monoisotopic (exact) mass is 495 g/mol. The van der Waals surface area contributed by atoms with Gasteiger partial charge in [-0.1, -0.05) is 18.2 Å². The molecule has 0 bridgehead atoms. The van der Waals surface area contributed by atoms with Gasteiger partial charge >= 0.3 is 0 Å². The zero-order chi connectivity index (χ0) is 18.2. The predicted octanol–water partition coefficient (Wildman–Crippen LogP) is 3.74. The highest BCUT2D eigenvalue weighted by molar-refractivity contribution is 14.0. The van der Waals surface area contributed by atoms with Gasteiger partial charge in [-0.3, -0.25) is 9.89 Å². The zero-order valence-electron chi connectivity index (χ0n) is 15.5. The smallest absolute Gasteiger partial charge is 0.191 e. The molecule has 1 aliphatic heterocycles. The van der Waals surface area contributed by atoms with Gasteiger partial charge in [0.25, 0.3) is 0 Å². The van der Waals surface area contributed by atoms with E-state index in [1.807, 2.05) is 35.6 Å². The second-order valence-electron chi connectivity index (χ2n) is 6.39. The van der Waals surface area contributed by atoms with E-state index in [1.165, 1.54) is 17.7 Å². The van der Waals surface area contributed by atoms with Crippen LogP contribution < -0.4 is 10.6 Å². The van der Waals surface area contributed by atoms with Gasteiger partial charge in [0, 0.05) is 25.0 Å². The van der Waals surface area contributed by atoms with Crippen molar-refractivity contribution >= 4 is 41.3 Å². The molecule has 1 aromatic carbocycles. The summed E-state index contributed by atoms with van der Waals surface area (Å²) in [5.41, 5.74) is 1.75. The van der Waals surface area contributed by atoms with Crippen molar-refractivity contribution in [1.82, 2.24) is 15.5 Å². The van der Waals surface area contributed by atoms with Crippen LogP contribution in [0.4, 0.5) is 0 Å². The third-order valence-electron chi connectivity index (χ3n) is 4.66. The van der Waals surface area contributed by atoms with Crippen molar-refractivity contribution in [3.8, 4) is 6.07 Å². The largest absolute Gasteiger partial charge is 0.354 e. The molecule has 5 nitrogen and oxygen atoms in total. The van der Waals surface area contributed by atoms with E-state index in [-0.39, 0.29) is 24.0 Å². The van der Waals surface area contributed by atoms with Crippen LogP contribution in [0.25, 0.3) is 0 Å². The molecule has 3 rings (SSSR count). The van der Waals surface area contributed by atoms with Crippen molar-refractivity contribution in [3.63, 3.8) is 0 Å². The van der Waals surface area contributed by atoms with Gasteiger partial charge in [0.15, 0.2) is 5.96 Å². The first-order chi connectivity index (χ1) is 12.8. The molecular weight excluding hydrogens is 469 g/mol. The molecule has 1 aliphatic rings. The second kappa shape index (κ2) is 11.3. The van der Waals surface area contributed by atoms with Crippen LogP contribution in [0.3, 0.4) is 0 Å². The fraction of sp³-hybridized carbons (Fsp3) is 0.400. The Bertz CT molecular complexity index is 763. The van der Waals surface area contributed by atoms with Gasteiger partial charge in [-0.25, -0.2) is 0 Å². The van der Waals surface area contributed by atoms with Crippen LogP contribution in [-0.2, 0) is 6.54 Å². The third-order valence-corrected chi connectivity index (χ3v) is 5.63. The summed E-state index contributed by atoms with van der Waals surface area (Å²) < 4.78 is 0. The molecule has 1 fully saturated rings. The van der Waals surface area contributed by atoms with E-state index in [4.69, 9.17) is 5.26 Å². The summed E-state index contributed by atoms with van der Waals surface area (Å²) in [4.78, 5) is 8.30. The van der Waals surface area contributed by atoms with Crippen molar-refractivity contribution in [3.05, 3.63) is 57.8 Å². The maximum Gasteiger partial charge on any atom is 0.191 e. The van der Waals surface area contributed by atoms with E-state index < -0.39 is 0 Å². The first-order valence-electron chi connectivity index (χ1n) is 9.01. The number of rotatable bonds is 6. The number of benzene rings is 1. The number of nitrogens with one attached hydrogen (secondary N) is 2. The molecule has 0 amide bonds. The van der Waals surface area contributed by atoms with Crippen LogP contribution in [0, 0.1) is 11.3 Å². The Morgan fingerprint density at radius 1 is 1.26 bits per heavy atom. The van der Waals surface area contributed by atoms with Gasteiger partial charge in [-0.15, -0.1) is 35.3 Å². The number of hydrogen-bond donors (Lipinski definition) is 2. The fourth-order valence-electron chi connectivity index (χ4n) is 3.29. The number of guanidine groups is 1. The number of likely N-dealkylation sites (tertiary alicyclic amines) is 1. The minimum absolute atomic E-state index is 0. The van der Waals surface area contributed by atoms with E-state index in [2.05, 4.69) is 44.1 Å². The number of aliphatic imine (C=N–C) groups is 1. The molecule has 7 heteroatoms. The molecule has 0 saturated carbocycles. The van der Waals surface area contributed by atoms with Crippen molar-refractivity contribution in [2.45, 2.75) is 25.4 Å². The van der Waals surface area contributed by atoms with Crippen LogP contribution in [0.5, 0.6) is 0 Å². The molecular formula is C20H26IN5S. The van der Waals surface area contributed by atoms with Gasteiger partial charge in [-0.05, 0) is 55.1 Å². The molecule has 1 unspecified atom stereocenters. The Balaban J connectivity index is 0.00000261. The summed E-state index contributed by atoms with van der Waals surface area (Å²) in [6, 6.07) is 14.6. The van der Waals surface area contributed by atoms with E-state index in [0.29, 0.717) is 18.2 Å². The van der Waals surface area contributed by atoms with Crippen molar-refractivity contribution in [2.75, 3.05) is 26.7 Å². The van der Waals surface area contributed by atoms with Gasteiger partial charge in [0.1, 0.15) is 0 Å². The quantitative estimate of drug-likeness (QED) is 0.364. The Morgan fingerprint density at radius 3 is 2.74 bits per heavy atom. The molecule has 0 spiro atoms. The van der Waals surface area contributed by atoms with E-state index in [0.717, 1.165) is 31.2 Å². The summed E-state index contributed by atoms with van der Waals surface area (Å²) in [5.74, 6) is 0.785. The van der Waals surface area contributed by atoms with E-state index >= 15 is 0 Å². The standard InChI is InChI=1S/C20H25N5S.HI/c1-22-20(23-14-17-7-4-6-16(12-17)13-21)24-15-18(19-8-5-11-26-19)25-9-2-3-10-25;/h4-8,11-12,18H,2-3,9-10,14-15H2,1H3,(H2,22,23,24);1H. The number of thiophene rings is 1.